The van der Waals surface area contributed by atoms with Crippen LogP contribution in [0, 0.1) is 0 Å². The number of carbonyl (C=O) groups excluding carboxylic acids is 1. The van der Waals surface area contributed by atoms with Crippen molar-refractivity contribution >= 4 is 6.09 Å². The molecule has 1 aromatic carbocycles. The lowest BCUT2D eigenvalue weighted by atomic mass is 10.2. The zero-order valence-electron chi connectivity index (χ0n) is 11.7. The van der Waals surface area contributed by atoms with Crippen molar-refractivity contribution in [3.63, 3.8) is 0 Å². The molecule has 1 heterocycles. The average molecular weight is 331 g/mol. The highest BCUT2D eigenvalue weighted by Gasteiger charge is 2.29. The van der Waals surface area contributed by atoms with Crippen LogP contribution in [0.5, 0.6) is 0 Å². The predicted octanol–water partition coefficient (Wildman–Crippen LogP) is 1.79. The molecule has 0 aliphatic rings. The number of carbonyl (C=O) groups is 1. The van der Waals surface area contributed by atoms with Crippen molar-refractivity contribution in [2.75, 3.05) is 13.2 Å². The summed E-state index contributed by atoms with van der Waals surface area (Å²) in [5, 5.41) is 5.74. The van der Waals surface area contributed by atoms with E-state index < -0.39 is 24.6 Å². The van der Waals surface area contributed by atoms with Gasteiger partial charge in [-0.1, -0.05) is 35.5 Å². The number of ether oxygens (including phenoxy) is 1. The van der Waals surface area contributed by atoms with Crippen LogP contribution in [-0.2, 0) is 11.3 Å². The zero-order chi connectivity index (χ0) is 16.9. The lowest BCUT2D eigenvalue weighted by molar-refractivity contribution is -0.160. The molecule has 1 amide bonds. The number of nitrogens with zero attached hydrogens (tertiary/aromatic N) is 2. The molecule has 0 fully saturated rings. The van der Waals surface area contributed by atoms with E-state index in [9.17, 15) is 22.8 Å². The molecule has 0 unspecified atom stereocenters. The van der Waals surface area contributed by atoms with E-state index in [2.05, 4.69) is 19.7 Å². The van der Waals surface area contributed by atoms with Crippen LogP contribution in [0.4, 0.5) is 18.0 Å². The van der Waals surface area contributed by atoms with Crippen LogP contribution in [0.3, 0.4) is 0 Å². The second kappa shape index (κ2) is 6.99. The smallest absolute Gasteiger partial charge is 0.440 e. The van der Waals surface area contributed by atoms with Crippen molar-refractivity contribution in [2.24, 2.45) is 0 Å². The van der Waals surface area contributed by atoms with Crippen LogP contribution in [0.2, 0.25) is 0 Å². The standard InChI is InChI=1S/C13H12F3N3O4/c14-13(15,16)8-22-11(20)17-6-7-19-10(18-23-12(19)21)9-4-2-1-3-5-9/h1-5H,6-8H2,(H,17,20). The molecule has 0 bridgehead atoms. The van der Waals surface area contributed by atoms with E-state index >= 15 is 0 Å². The van der Waals surface area contributed by atoms with Gasteiger partial charge in [0, 0.05) is 18.7 Å². The minimum absolute atomic E-state index is 0.0340. The maximum Gasteiger partial charge on any atom is 0.441 e. The highest BCUT2D eigenvalue weighted by molar-refractivity contribution is 5.67. The number of rotatable bonds is 5. The number of halogens is 3. The van der Waals surface area contributed by atoms with Gasteiger partial charge in [0.25, 0.3) is 0 Å². The first kappa shape index (κ1) is 16.6. The number of nitrogens with one attached hydrogen (secondary N) is 1. The molecular formula is C13H12F3N3O4. The Morgan fingerprint density at radius 2 is 2.00 bits per heavy atom. The third-order valence-electron chi connectivity index (χ3n) is 2.69. The summed E-state index contributed by atoms with van der Waals surface area (Å²) in [6.07, 6.45) is -5.82. The summed E-state index contributed by atoms with van der Waals surface area (Å²) in [7, 11) is 0. The number of benzene rings is 1. The van der Waals surface area contributed by atoms with Gasteiger partial charge in [-0.25, -0.2) is 9.59 Å². The summed E-state index contributed by atoms with van der Waals surface area (Å²) in [6, 6.07) is 8.68. The lowest BCUT2D eigenvalue weighted by Crippen LogP contribution is -2.32. The number of hydrogen-bond donors (Lipinski definition) is 1. The molecule has 1 N–H and O–H groups in total. The summed E-state index contributed by atoms with van der Waals surface area (Å²) in [4.78, 5) is 22.7. The van der Waals surface area contributed by atoms with Gasteiger partial charge in [-0.2, -0.15) is 13.2 Å². The molecule has 0 spiro atoms. The lowest BCUT2D eigenvalue weighted by Gasteiger charge is -2.09. The maximum absolute atomic E-state index is 11.9. The first-order chi connectivity index (χ1) is 10.9. The molecule has 0 saturated heterocycles. The van der Waals surface area contributed by atoms with E-state index in [0.717, 1.165) is 4.57 Å². The Morgan fingerprint density at radius 1 is 1.30 bits per heavy atom. The number of alkyl halides is 3. The monoisotopic (exact) mass is 331 g/mol. The second-order valence-corrected chi connectivity index (χ2v) is 4.41. The van der Waals surface area contributed by atoms with Gasteiger partial charge in [0.15, 0.2) is 12.4 Å². The Kier molecular flexibility index (Phi) is 5.04. The fourth-order valence-electron chi connectivity index (χ4n) is 1.73. The highest BCUT2D eigenvalue weighted by Crippen LogP contribution is 2.15. The number of aromatic nitrogens is 2. The van der Waals surface area contributed by atoms with Gasteiger partial charge in [-0.05, 0) is 0 Å². The van der Waals surface area contributed by atoms with Crippen molar-refractivity contribution in [1.82, 2.24) is 15.0 Å². The summed E-state index contributed by atoms with van der Waals surface area (Å²) in [5.74, 6) is -0.490. The van der Waals surface area contributed by atoms with E-state index in [1.807, 2.05) is 0 Å². The normalized spacial score (nSPS) is 11.3. The largest absolute Gasteiger partial charge is 0.441 e. The Balaban J connectivity index is 1.93. The van der Waals surface area contributed by atoms with E-state index in [-0.39, 0.29) is 18.9 Å². The van der Waals surface area contributed by atoms with Crippen molar-refractivity contribution in [3.05, 3.63) is 40.9 Å². The SMILES string of the molecule is O=C(NCCn1c(-c2ccccc2)noc1=O)OCC(F)(F)F. The Morgan fingerprint density at radius 3 is 2.65 bits per heavy atom. The van der Waals surface area contributed by atoms with Gasteiger partial charge in [-0.3, -0.25) is 9.09 Å². The molecule has 10 heteroatoms. The van der Waals surface area contributed by atoms with E-state index in [0.29, 0.717) is 5.56 Å². The minimum Gasteiger partial charge on any atom is -0.440 e. The molecule has 2 rings (SSSR count). The second-order valence-electron chi connectivity index (χ2n) is 4.41. The minimum atomic E-state index is -4.59. The first-order valence-corrected chi connectivity index (χ1v) is 6.46. The van der Waals surface area contributed by atoms with Crippen LogP contribution in [0.25, 0.3) is 11.4 Å². The zero-order valence-corrected chi connectivity index (χ0v) is 11.7. The summed E-state index contributed by atoms with van der Waals surface area (Å²) in [5.41, 5.74) is 0.623. The van der Waals surface area contributed by atoms with E-state index in [1.54, 1.807) is 30.3 Å². The van der Waals surface area contributed by atoms with Gasteiger partial charge < -0.3 is 10.1 Å². The molecule has 7 nitrogen and oxygen atoms in total. The van der Waals surface area contributed by atoms with Crippen molar-refractivity contribution in [3.8, 4) is 11.4 Å². The van der Waals surface area contributed by atoms with Crippen molar-refractivity contribution in [1.29, 1.82) is 0 Å². The summed E-state index contributed by atoms with van der Waals surface area (Å²) < 4.78 is 45.3. The van der Waals surface area contributed by atoms with Crippen LogP contribution < -0.4 is 11.1 Å². The highest BCUT2D eigenvalue weighted by atomic mass is 19.4. The molecule has 0 saturated carbocycles. The molecule has 2 aromatic rings. The number of alkyl carbamates (subject to hydrolysis) is 1. The van der Waals surface area contributed by atoms with Gasteiger partial charge in [-0.15, -0.1) is 0 Å². The van der Waals surface area contributed by atoms with Crippen LogP contribution >= 0.6 is 0 Å². The number of hydrogen-bond acceptors (Lipinski definition) is 5. The van der Waals surface area contributed by atoms with Gasteiger partial charge in [0.2, 0.25) is 0 Å². The molecule has 0 aliphatic heterocycles. The van der Waals surface area contributed by atoms with Crippen LogP contribution in [0.1, 0.15) is 0 Å². The molecular weight excluding hydrogens is 319 g/mol. The Labute approximate surface area is 127 Å². The fourth-order valence-corrected chi connectivity index (χ4v) is 1.73. The first-order valence-electron chi connectivity index (χ1n) is 6.46. The quantitative estimate of drug-likeness (QED) is 0.903. The number of amides is 1. The predicted molar refractivity (Wildman–Crippen MR) is 71.6 cm³/mol. The maximum atomic E-state index is 11.9. The third kappa shape index (κ3) is 4.87. The van der Waals surface area contributed by atoms with Crippen molar-refractivity contribution < 1.29 is 27.2 Å². The Bertz CT molecular complexity index is 709. The van der Waals surface area contributed by atoms with Crippen molar-refractivity contribution in [2.45, 2.75) is 12.7 Å². The molecule has 0 atom stereocenters. The van der Waals surface area contributed by atoms with Gasteiger partial charge in [0.1, 0.15) is 0 Å². The molecule has 0 aliphatic carbocycles. The summed E-state index contributed by atoms with van der Waals surface area (Å²) in [6.45, 7) is -1.84. The fraction of sp³-hybridized carbons (Fsp3) is 0.308. The van der Waals surface area contributed by atoms with Gasteiger partial charge in [0.05, 0.1) is 0 Å². The molecule has 0 radical (unpaired) electrons. The third-order valence-corrected chi connectivity index (χ3v) is 2.69. The molecule has 23 heavy (non-hydrogen) atoms. The Hall–Kier alpha value is -2.78. The van der Waals surface area contributed by atoms with E-state index in [1.165, 1.54) is 0 Å². The molecule has 124 valence electrons. The average Bonchev–Trinajstić information content (AvgIpc) is 2.87. The van der Waals surface area contributed by atoms with Crippen LogP contribution in [-0.4, -0.2) is 35.1 Å². The molecule has 1 aromatic heterocycles. The van der Waals surface area contributed by atoms with E-state index in [4.69, 9.17) is 0 Å². The van der Waals surface area contributed by atoms with Gasteiger partial charge >= 0.3 is 18.0 Å². The van der Waals surface area contributed by atoms with Crippen LogP contribution in [0.15, 0.2) is 39.6 Å². The summed E-state index contributed by atoms with van der Waals surface area (Å²) >= 11 is 0. The topological polar surface area (TPSA) is 86.4 Å².